The molecule has 0 unspecified atom stereocenters. The van der Waals surface area contributed by atoms with E-state index in [1.54, 1.807) is 18.7 Å². The Bertz CT molecular complexity index is 544. The van der Waals surface area contributed by atoms with Crippen LogP contribution in [0.4, 0.5) is 5.69 Å². The number of aryl methyl sites for hydroxylation is 1. The van der Waals surface area contributed by atoms with Gasteiger partial charge in [-0.25, -0.2) is 0 Å². The van der Waals surface area contributed by atoms with E-state index in [0.717, 1.165) is 11.1 Å². The van der Waals surface area contributed by atoms with Gasteiger partial charge in [0.05, 0.1) is 0 Å². The van der Waals surface area contributed by atoms with Crippen molar-refractivity contribution in [2.24, 2.45) is 7.05 Å². The summed E-state index contributed by atoms with van der Waals surface area (Å²) >= 11 is 0. The lowest BCUT2D eigenvalue weighted by Crippen LogP contribution is -2.19. The first kappa shape index (κ1) is 10.5. The zero-order valence-corrected chi connectivity index (χ0v) is 9.32. The van der Waals surface area contributed by atoms with Gasteiger partial charge in [0, 0.05) is 25.9 Å². The first-order valence-electron chi connectivity index (χ1n) is 5.07. The van der Waals surface area contributed by atoms with Gasteiger partial charge in [-0.15, -0.1) is 0 Å². The monoisotopic (exact) mass is 213 g/mol. The number of rotatable bonds is 2. The normalized spacial score (nSPS) is 10.1. The molecule has 1 aromatic heterocycles. The lowest BCUT2D eigenvalue weighted by atomic mass is 10.1. The van der Waals surface area contributed by atoms with Gasteiger partial charge in [-0.05, 0) is 23.8 Å². The minimum Gasteiger partial charge on any atom is -0.384 e. The van der Waals surface area contributed by atoms with Gasteiger partial charge in [0.15, 0.2) is 0 Å². The summed E-state index contributed by atoms with van der Waals surface area (Å²) in [5.74, 6) is 0. The highest BCUT2D eigenvalue weighted by atomic mass is 16.1. The molecular formula is C13H13N2O. The second kappa shape index (κ2) is 4.23. The third-order valence-corrected chi connectivity index (χ3v) is 2.49. The largest absolute Gasteiger partial charge is 0.384 e. The van der Waals surface area contributed by atoms with Gasteiger partial charge in [-0.3, -0.25) is 4.79 Å². The SMILES string of the molecule is CNc1cc(-c2c[c]ccc2)cn(C)c1=O. The van der Waals surface area contributed by atoms with E-state index in [1.807, 2.05) is 36.5 Å². The van der Waals surface area contributed by atoms with Crippen LogP contribution in [0.3, 0.4) is 0 Å². The maximum atomic E-state index is 11.7. The van der Waals surface area contributed by atoms with E-state index in [-0.39, 0.29) is 5.56 Å². The summed E-state index contributed by atoms with van der Waals surface area (Å²) in [6.07, 6.45) is 1.83. The van der Waals surface area contributed by atoms with E-state index in [2.05, 4.69) is 11.4 Å². The number of hydrogen-bond donors (Lipinski definition) is 1. The Morgan fingerprint density at radius 2 is 2.19 bits per heavy atom. The van der Waals surface area contributed by atoms with Crippen molar-refractivity contribution in [3.63, 3.8) is 0 Å². The lowest BCUT2D eigenvalue weighted by Gasteiger charge is -2.07. The van der Waals surface area contributed by atoms with Crippen LogP contribution in [-0.4, -0.2) is 11.6 Å². The fourth-order valence-electron chi connectivity index (χ4n) is 1.62. The predicted octanol–water partition coefficient (Wildman–Crippen LogP) is 1.89. The summed E-state index contributed by atoms with van der Waals surface area (Å²) in [6, 6.07) is 12.6. The molecule has 0 fully saturated rings. The molecule has 0 aliphatic heterocycles. The summed E-state index contributed by atoms with van der Waals surface area (Å²) in [5.41, 5.74) is 2.63. The molecule has 0 spiro atoms. The number of aromatic nitrogens is 1. The minimum absolute atomic E-state index is 0.0221. The highest BCUT2D eigenvalue weighted by Crippen LogP contribution is 2.19. The topological polar surface area (TPSA) is 34.0 Å². The molecule has 0 aliphatic carbocycles. The smallest absolute Gasteiger partial charge is 0.273 e. The van der Waals surface area contributed by atoms with E-state index in [9.17, 15) is 4.79 Å². The Labute approximate surface area is 94.4 Å². The Hall–Kier alpha value is -2.03. The van der Waals surface area contributed by atoms with E-state index in [0.29, 0.717) is 5.69 Å². The number of hydrogen-bond acceptors (Lipinski definition) is 2. The van der Waals surface area contributed by atoms with Gasteiger partial charge in [-0.2, -0.15) is 0 Å². The summed E-state index contributed by atoms with van der Waals surface area (Å²) < 4.78 is 1.58. The number of benzene rings is 1. The molecule has 81 valence electrons. The number of pyridine rings is 1. The maximum Gasteiger partial charge on any atom is 0.273 e. The van der Waals surface area contributed by atoms with E-state index < -0.39 is 0 Å². The van der Waals surface area contributed by atoms with E-state index in [4.69, 9.17) is 0 Å². The van der Waals surface area contributed by atoms with Crippen molar-refractivity contribution in [3.8, 4) is 11.1 Å². The number of nitrogens with zero attached hydrogens (tertiary/aromatic N) is 1. The maximum absolute atomic E-state index is 11.7. The molecule has 1 heterocycles. The summed E-state index contributed by atoms with van der Waals surface area (Å²) in [4.78, 5) is 11.7. The van der Waals surface area contributed by atoms with Gasteiger partial charge in [0.25, 0.3) is 5.56 Å². The van der Waals surface area contributed by atoms with Crippen molar-refractivity contribution in [2.75, 3.05) is 12.4 Å². The summed E-state index contributed by atoms with van der Waals surface area (Å²) in [6.45, 7) is 0. The molecule has 0 saturated heterocycles. The van der Waals surface area contributed by atoms with Gasteiger partial charge in [0.2, 0.25) is 0 Å². The molecular weight excluding hydrogens is 200 g/mol. The third-order valence-electron chi connectivity index (χ3n) is 2.49. The average molecular weight is 213 g/mol. The number of nitrogens with one attached hydrogen (secondary N) is 1. The molecule has 3 heteroatoms. The van der Waals surface area contributed by atoms with Crippen molar-refractivity contribution in [3.05, 3.63) is 52.9 Å². The molecule has 0 bridgehead atoms. The highest BCUT2D eigenvalue weighted by molar-refractivity contribution is 5.66. The molecule has 0 atom stereocenters. The van der Waals surface area contributed by atoms with Gasteiger partial charge in [0.1, 0.15) is 5.69 Å². The van der Waals surface area contributed by atoms with E-state index >= 15 is 0 Å². The highest BCUT2D eigenvalue weighted by Gasteiger charge is 2.04. The molecule has 1 aromatic carbocycles. The average Bonchev–Trinajstić information content (AvgIpc) is 2.33. The second-order valence-electron chi connectivity index (χ2n) is 3.60. The quantitative estimate of drug-likeness (QED) is 0.826. The van der Waals surface area contributed by atoms with Gasteiger partial charge >= 0.3 is 0 Å². The molecule has 0 saturated carbocycles. The zero-order chi connectivity index (χ0) is 11.5. The van der Waals surface area contributed by atoms with Crippen LogP contribution in [-0.2, 0) is 7.05 Å². The second-order valence-corrected chi connectivity index (χ2v) is 3.60. The Kier molecular flexibility index (Phi) is 2.77. The molecule has 3 nitrogen and oxygen atoms in total. The first-order chi connectivity index (χ1) is 7.72. The van der Waals surface area contributed by atoms with Crippen molar-refractivity contribution >= 4 is 5.69 Å². The lowest BCUT2D eigenvalue weighted by molar-refractivity contribution is 0.864. The van der Waals surface area contributed by atoms with Crippen LogP contribution >= 0.6 is 0 Å². The van der Waals surface area contributed by atoms with Crippen LogP contribution in [0.15, 0.2) is 41.3 Å². The van der Waals surface area contributed by atoms with Gasteiger partial charge in [-0.1, -0.05) is 18.2 Å². The zero-order valence-electron chi connectivity index (χ0n) is 9.32. The fraction of sp³-hybridized carbons (Fsp3) is 0.154. The molecule has 2 rings (SSSR count). The molecule has 0 amide bonds. The van der Waals surface area contributed by atoms with E-state index in [1.165, 1.54) is 0 Å². The Morgan fingerprint density at radius 3 is 2.81 bits per heavy atom. The standard InChI is InChI=1S/C13H13N2O/c1-14-12-8-11(9-15(2)13(12)16)10-6-4-3-5-7-10/h3-4,6-9,14H,1-2H3. The van der Waals surface area contributed by atoms with Crippen molar-refractivity contribution in [2.45, 2.75) is 0 Å². The Morgan fingerprint density at radius 1 is 1.38 bits per heavy atom. The molecule has 0 aliphatic rings. The summed E-state index contributed by atoms with van der Waals surface area (Å²) in [7, 11) is 3.50. The third kappa shape index (κ3) is 1.84. The fourth-order valence-corrected chi connectivity index (χ4v) is 1.62. The van der Waals surface area contributed by atoms with Crippen LogP contribution in [0, 0.1) is 6.07 Å². The van der Waals surface area contributed by atoms with Crippen molar-refractivity contribution in [1.82, 2.24) is 4.57 Å². The van der Waals surface area contributed by atoms with Crippen LogP contribution in [0.25, 0.3) is 11.1 Å². The van der Waals surface area contributed by atoms with Crippen molar-refractivity contribution < 1.29 is 0 Å². The summed E-state index contributed by atoms with van der Waals surface area (Å²) in [5, 5.41) is 2.90. The van der Waals surface area contributed by atoms with Crippen molar-refractivity contribution in [1.29, 1.82) is 0 Å². The molecule has 2 aromatic rings. The van der Waals surface area contributed by atoms with Gasteiger partial charge < -0.3 is 9.88 Å². The molecule has 16 heavy (non-hydrogen) atoms. The van der Waals surface area contributed by atoms with Crippen LogP contribution in [0.1, 0.15) is 0 Å². The first-order valence-corrected chi connectivity index (χ1v) is 5.07. The minimum atomic E-state index is -0.0221. The molecule has 1 radical (unpaired) electrons. The van der Waals surface area contributed by atoms with Crippen LogP contribution in [0.5, 0.6) is 0 Å². The number of anilines is 1. The Balaban J connectivity index is 2.60. The molecule has 1 N–H and O–H groups in total. The van der Waals surface area contributed by atoms with Crippen LogP contribution < -0.4 is 10.9 Å². The predicted molar refractivity (Wildman–Crippen MR) is 65.5 cm³/mol. The van der Waals surface area contributed by atoms with Crippen LogP contribution in [0.2, 0.25) is 0 Å².